The molecule has 1 heterocycles. The zero-order valence-corrected chi connectivity index (χ0v) is 5.43. The van der Waals surface area contributed by atoms with Gasteiger partial charge in [0.15, 0.2) is 0 Å². The Morgan fingerprint density at radius 2 is 2.22 bits per heavy atom. The molecular weight excluding hydrogens is 114 g/mol. The summed E-state index contributed by atoms with van der Waals surface area (Å²) in [6, 6.07) is 0. The van der Waals surface area contributed by atoms with E-state index < -0.39 is 0 Å². The van der Waals surface area contributed by atoms with Crippen molar-refractivity contribution in [1.82, 2.24) is 5.32 Å². The molecule has 0 aromatic heterocycles. The number of allylic oxidation sites excluding steroid dienone is 2. The summed E-state index contributed by atoms with van der Waals surface area (Å²) in [6.07, 6.45) is 4.14. The highest BCUT2D eigenvalue weighted by atomic mass is 16.1. The number of hydrogen-bond acceptors (Lipinski definition) is 1. The third kappa shape index (κ3) is 1.19. The molecule has 0 bridgehead atoms. The summed E-state index contributed by atoms with van der Waals surface area (Å²) in [5.74, 6) is -0.280. The predicted molar refractivity (Wildman–Crippen MR) is 33.3 cm³/mol. The second kappa shape index (κ2) is 2.05. The average molecular weight is 121 g/mol. The zero-order valence-electron chi connectivity index (χ0n) is 5.43. The van der Waals surface area contributed by atoms with Crippen LogP contribution in [0.1, 0.15) is 13.8 Å². The van der Waals surface area contributed by atoms with Crippen molar-refractivity contribution in [3.05, 3.63) is 23.4 Å². The Morgan fingerprint density at radius 1 is 1.56 bits per heavy atom. The van der Waals surface area contributed by atoms with Crippen LogP contribution in [-0.2, 0) is 4.79 Å². The van der Waals surface area contributed by atoms with E-state index in [0.29, 0.717) is 0 Å². The van der Waals surface area contributed by atoms with Crippen LogP contribution in [0.25, 0.3) is 0 Å². The van der Waals surface area contributed by atoms with E-state index in [4.69, 9.17) is 0 Å². The Balaban J connectivity index is 2.87. The summed E-state index contributed by atoms with van der Waals surface area (Å²) < 4.78 is 0. The van der Waals surface area contributed by atoms with Crippen molar-refractivity contribution in [2.75, 3.05) is 0 Å². The lowest BCUT2D eigenvalue weighted by Crippen LogP contribution is -2.12. The molecule has 0 saturated heterocycles. The molecule has 0 unspecified atom stereocenters. The molecule has 1 amide bonds. The molecular formula is C7H7NO. The van der Waals surface area contributed by atoms with Gasteiger partial charge in [-0.05, 0) is 25.0 Å². The summed E-state index contributed by atoms with van der Waals surface area (Å²) in [5, 5.41) is 3.53. The molecule has 0 aromatic rings. The lowest BCUT2D eigenvalue weighted by molar-refractivity contribution is -0.116. The first kappa shape index (κ1) is 6.08. The first-order valence-corrected chi connectivity index (χ1v) is 2.72. The van der Waals surface area contributed by atoms with Gasteiger partial charge >= 0.3 is 0 Å². The summed E-state index contributed by atoms with van der Waals surface area (Å²) in [5.41, 5.74) is 1.89. The van der Waals surface area contributed by atoms with Crippen molar-refractivity contribution in [3.63, 3.8) is 0 Å². The fourth-order valence-corrected chi connectivity index (χ4v) is 0.544. The maximum Gasteiger partial charge on any atom is 0.278 e. The largest absolute Gasteiger partial charge is 0.278 e. The monoisotopic (exact) mass is 121 g/mol. The quantitative estimate of drug-likeness (QED) is 0.466. The van der Waals surface area contributed by atoms with Crippen molar-refractivity contribution in [1.29, 1.82) is 0 Å². The molecule has 0 N–H and O–H groups in total. The lowest BCUT2D eigenvalue weighted by Gasteiger charge is -2.03. The molecule has 2 nitrogen and oxygen atoms in total. The maximum absolute atomic E-state index is 10.5. The molecule has 1 aliphatic heterocycles. The van der Waals surface area contributed by atoms with Gasteiger partial charge < -0.3 is 0 Å². The number of nitrogens with zero attached hydrogens (tertiary/aromatic N) is 1. The average Bonchev–Trinajstić information content (AvgIpc) is 1.80. The minimum Gasteiger partial charge on any atom is -0.267 e. The molecule has 1 aliphatic rings. The SMILES string of the molecule is CC1=[C]C(=O)[N]C=C1C. The van der Waals surface area contributed by atoms with Gasteiger partial charge in [0.2, 0.25) is 0 Å². The summed E-state index contributed by atoms with van der Waals surface area (Å²) in [6.45, 7) is 3.75. The van der Waals surface area contributed by atoms with Crippen LogP contribution >= 0.6 is 0 Å². The van der Waals surface area contributed by atoms with Gasteiger partial charge in [-0.3, -0.25) is 4.79 Å². The number of amides is 1. The number of hydrogen-bond donors (Lipinski definition) is 0. The first-order valence-electron chi connectivity index (χ1n) is 2.72. The fraction of sp³-hybridized carbons (Fsp3) is 0.286. The second-order valence-electron chi connectivity index (χ2n) is 2.00. The van der Waals surface area contributed by atoms with Crippen molar-refractivity contribution in [2.45, 2.75) is 13.8 Å². The van der Waals surface area contributed by atoms with Gasteiger partial charge in [0.05, 0.1) is 6.08 Å². The molecule has 2 radical (unpaired) electrons. The molecule has 0 spiro atoms. The summed E-state index contributed by atoms with van der Waals surface area (Å²) in [4.78, 5) is 10.5. The highest BCUT2D eigenvalue weighted by Gasteiger charge is 2.05. The highest BCUT2D eigenvalue weighted by molar-refractivity contribution is 5.86. The van der Waals surface area contributed by atoms with Crippen LogP contribution in [0.15, 0.2) is 17.3 Å². The Labute approximate surface area is 54.3 Å². The Morgan fingerprint density at radius 3 is 2.67 bits per heavy atom. The van der Waals surface area contributed by atoms with Crippen LogP contribution in [0.2, 0.25) is 0 Å². The standard InChI is InChI=1S/C7H7NO/c1-5-3-7(9)8-4-6(5)2/h4H,1-2H3. The van der Waals surface area contributed by atoms with Crippen molar-refractivity contribution < 1.29 is 4.79 Å². The van der Waals surface area contributed by atoms with Crippen LogP contribution in [0.3, 0.4) is 0 Å². The van der Waals surface area contributed by atoms with E-state index in [2.05, 4.69) is 11.4 Å². The molecule has 1 rings (SSSR count). The van der Waals surface area contributed by atoms with Crippen molar-refractivity contribution in [3.8, 4) is 0 Å². The highest BCUT2D eigenvalue weighted by Crippen LogP contribution is 2.09. The number of carbonyl (C=O) groups excluding carboxylic acids is 1. The van der Waals surface area contributed by atoms with Crippen molar-refractivity contribution in [2.24, 2.45) is 0 Å². The van der Waals surface area contributed by atoms with Gasteiger partial charge in [0, 0.05) is 6.20 Å². The topological polar surface area (TPSA) is 31.2 Å². The minimum atomic E-state index is -0.280. The predicted octanol–water partition coefficient (Wildman–Crippen LogP) is 0.784. The van der Waals surface area contributed by atoms with Gasteiger partial charge in [-0.1, -0.05) is 0 Å². The van der Waals surface area contributed by atoms with Gasteiger partial charge in [-0.2, -0.15) is 0 Å². The summed E-state index contributed by atoms with van der Waals surface area (Å²) >= 11 is 0. The third-order valence-electron chi connectivity index (χ3n) is 1.26. The third-order valence-corrected chi connectivity index (χ3v) is 1.26. The molecule has 0 fully saturated rings. The van der Waals surface area contributed by atoms with Gasteiger partial charge in [0.25, 0.3) is 5.91 Å². The maximum atomic E-state index is 10.5. The van der Waals surface area contributed by atoms with Crippen LogP contribution in [0.4, 0.5) is 0 Å². The lowest BCUT2D eigenvalue weighted by atomic mass is 10.1. The normalized spacial score (nSPS) is 18.2. The Kier molecular flexibility index (Phi) is 1.39. The van der Waals surface area contributed by atoms with E-state index in [0.717, 1.165) is 11.1 Å². The van der Waals surface area contributed by atoms with Crippen LogP contribution in [-0.4, -0.2) is 5.91 Å². The van der Waals surface area contributed by atoms with Crippen LogP contribution < -0.4 is 5.32 Å². The number of carbonyl (C=O) groups is 1. The smallest absolute Gasteiger partial charge is 0.267 e. The molecule has 0 aliphatic carbocycles. The molecule has 0 saturated carbocycles. The van der Waals surface area contributed by atoms with Gasteiger partial charge in [-0.15, -0.1) is 0 Å². The zero-order chi connectivity index (χ0) is 6.85. The van der Waals surface area contributed by atoms with Crippen molar-refractivity contribution >= 4 is 5.91 Å². The minimum absolute atomic E-state index is 0.280. The Hall–Kier alpha value is -1.05. The van der Waals surface area contributed by atoms with E-state index >= 15 is 0 Å². The number of rotatable bonds is 0. The molecule has 46 valence electrons. The van der Waals surface area contributed by atoms with E-state index in [9.17, 15) is 4.79 Å². The Bertz CT molecular complexity index is 201. The molecule has 2 heteroatoms. The molecule has 0 aromatic carbocycles. The van der Waals surface area contributed by atoms with Crippen LogP contribution in [0.5, 0.6) is 0 Å². The van der Waals surface area contributed by atoms with Gasteiger partial charge in [0.1, 0.15) is 0 Å². The fourth-order valence-electron chi connectivity index (χ4n) is 0.544. The molecule has 0 atom stereocenters. The first-order chi connectivity index (χ1) is 4.20. The second-order valence-corrected chi connectivity index (χ2v) is 2.00. The molecule has 9 heavy (non-hydrogen) atoms. The van der Waals surface area contributed by atoms with E-state index in [1.807, 2.05) is 13.8 Å². The summed E-state index contributed by atoms with van der Waals surface area (Å²) in [7, 11) is 0. The van der Waals surface area contributed by atoms with Crippen LogP contribution in [0, 0.1) is 6.08 Å². The van der Waals surface area contributed by atoms with E-state index in [1.54, 1.807) is 6.20 Å². The van der Waals surface area contributed by atoms with E-state index in [1.165, 1.54) is 0 Å². The van der Waals surface area contributed by atoms with E-state index in [-0.39, 0.29) is 5.91 Å². The van der Waals surface area contributed by atoms with Gasteiger partial charge in [-0.25, -0.2) is 5.32 Å².